The zero-order valence-electron chi connectivity index (χ0n) is 8.00. The number of methoxy groups -OCH3 is 1. The number of ether oxygens (including phenoxy) is 1. The number of rotatable bonds is 3. The summed E-state index contributed by atoms with van der Waals surface area (Å²) in [6.07, 6.45) is 0.739. The highest BCUT2D eigenvalue weighted by Crippen LogP contribution is 2.28. The van der Waals surface area contributed by atoms with Gasteiger partial charge in [0.05, 0.1) is 7.11 Å². The fourth-order valence-corrected chi connectivity index (χ4v) is 1.82. The molecule has 0 heterocycles. The van der Waals surface area contributed by atoms with E-state index in [-0.39, 0.29) is 5.56 Å². The number of hydrogen-bond donors (Lipinski definition) is 1. The summed E-state index contributed by atoms with van der Waals surface area (Å²) < 4.78 is 5.84. The van der Waals surface area contributed by atoms with Crippen LogP contribution in [-0.2, 0) is 6.42 Å². The van der Waals surface area contributed by atoms with Crippen molar-refractivity contribution < 1.29 is 14.6 Å². The van der Waals surface area contributed by atoms with Gasteiger partial charge in [0.25, 0.3) is 0 Å². The molecule has 1 N–H and O–H groups in total. The van der Waals surface area contributed by atoms with Crippen LogP contribution < -0.4 is 4.74 Å². The van der Waals surface area contributed by atoms with E-state index in [1.807, 2.05) is 13.0 Å². The third kappa shape index (κ3) is 2.07. The van der Waals surface area contributed by atoms with Gasteiger partial charge in [-0.25, -0.2) is 4.79 Å². The Labute approximate surface area is 90.8 Å². The first-order chi connectivity index (χ1) is 6.60. The number of halogens is 1. The Morgan fingerprint density at radius 3 is 2.64 bits per heavy atom. The molecule has 0 bridgehead atoms. The largest absolute Gasteiger partial charge is 0.496 e. The van der Waals surface area contributed by atoms with Crippen molar-refractivity contribution in [2.45, 2.75) is 13.3 Å². The second-order valence-electron chi connectivity index (χ2n) is 2.80. The van der Waals surface area contributed by atoms with Crippen molar-refractivity contribution in [3.8, 4) is 5.75 Å². The van der Waals surface area contributed by atoms with Crippen LogP contribution in [-0.4, -0.2) is 18.2 Å². The van der Waals surface area contributed by atoms with Crippen LogP contribution in [0.1, 0.15) is 22.8 Å². The molecule has 0 aliphatic heterocycles. The summed E-state index contributed by atoms with van der Waals surface area (Å²) in [5, 5.41) is 8.94. The molecule has 0 fully saturated rings. The molecule has 0 aromatic heterocycles. The minimum atomic E-state index is -0.974. The minimum Gasteiger partial charge on any atom is -0.496 e. The maximum atomic E-state index is 10.9. The lowest BCUT2D eigenvalue weighted by molar-refractivity contribution is 0.0693. The third-order valence-corrected chi connectivity index (χ3v) is 2.40. The molecule has 0 spiro atoms. The normalized spacial score (nSPS) is 9.93. The van der Waals surface area contributed by atoms with E-state index in [0.29, 0.717) is 5.75 Å². The van der Waals surface area contributed by atoms with Gasteiger partial charge in [0.15, 0.2) is 0 Å². The Balaban J connectivity index is 3.39. The Morgan fingerprint density at radius 2 is 2.21 bits per heavy atom. The standard InChI is InChI=1S/C10H11BrO3/c1-3-6-4-7(11)5-8(10(12)13)9(6)14-2/h4-5H,3H2,1-2H3,(H,12,13). The van der Waals surface area contributed by atoms with E-state index >= 15 is 0 Å². The lowest BCUT2D eigenvalue weighted by Gasteiger charge is -2.10. The number of benzene rings is 1. The van der Waals surface area contributed by atoms with Crippen LogP contribution in [0.5, 0.6) is 5.75 Å². The highest BCUT2D eigenvalue weighted by atomic mass is 79.9. The molecule has 1 aromatic rings. The topological polar surface area (TPSA) is 46.5 Å². The molecule has 0 saturated heterocycles. The number of carbonyl (C=O) groups is 1. The van der Waals surface area contributed by atoms with E-state index in [4.69, 9.17) is 9.84 Å². The maximum absolute atomic E-state index is 10.9. The summed E-state index contributed by atoms with van der Waals surface area (Å²) in [5.74, 6) is -0.527. The lowest BCUT2D eigenvalue weighted by Crippen LogP contribution is -2.03. The maximum Gasteiger partial charge on any atom is 0.339 e. The van der Waals surface area contributed by atoms with E-state index in [2.05, 4.69) is 15.9 Å². The first kappa shape index (κ1) is 11.0. The molecule has 0 unspecified atom stereocenters. The second-order valence-corrected chi connectivity index (χ2v) is 3.72. The van der Waals surface area contributed by atoms with Crippen molar-refractivity contribution in [2.75, 3.05) is 7.11 Å². The molecule has 76 valence electrons. The average molecular weight is 259 g/mol. The van der Waals surface area contributed by atoms with Crippen LogP contribution in [0.2, 0.25) is 0 Å². The molecule has 1 rings (SSSR count). The number of carboxylic acids is 1. The summed E-state index contributed by atoms with van der Waals surface area (Å²) >= 11 is 3.27. The summed E-state index contributed by atoms with van der Waals surface area (Å²) in [6.45, 7) is 1.95. The molecule has 14 heavy (non-hydrogen) atoms. The van der Waals surface area contributed by atoms with Crippen molar-refractivity contribution in [1.29, 1.82) is 0 Å². The average Bonchev–Trinajstić information content (AvgIpc) is 2.16. The Morgan fingerprint density at radius 1 is 1.57 bits per heavy atom. The van der Waals surface area contributed by atoms with Gasteiger partial charge in [-0.2, -0.15) is 0 Å². The van der Waals surface area contributed by atoms with Crippen molar-refractivity contribution in [3.05, 3.63) is 27.7 Å². The highest BCUT2D eigenvalue weighted by molar-refractivity contribution is 9.10. The van der Waals surface area contributed by atoms with Crippen LogP contribution in [0, 0.1) is 0 Å². The minimum absolute atomic E-state index is 0.193. The van der Waals surface area contributed by atoms with Crippen LogP contribution >= 0.6 is 15.9 Å². The number of carboxylic acid groups (broad SMARTS) is 1. The fraction of sp³-hybridized carbons (Fsp3) is 0.300. The van der Waals surface area contributed by atoms with Crippen LogP contribution in [0.4, 0.5) is 0 Å². The molecule has 0 atom stereocenters. The fourth-order valence-electron chi connectivity index (χ4n) is 1.31. The van der Waals surface area contributed by atoms with E-state index in [1.165, 1.54) is 7.11 Å². The molecule has 3 nitrogen and oxygen atoms in total. The monoisotopic (exact) mass is 258 g/mol. The Bertz CT molecular complexity index is 361. The van der Waals surface area contributed by atoms with Gasteiger partial charge in [-0.15, -0.1) is 0 Å². The molecular weight excluding hydrogens is 248 g/mol. The zero-order valence-corrected chi connectivity index (χ0v) is 9.59. The number of aryl methyl sites for hydroxylation is 1. The molecule has 0 amide bonds. The Kier molecular flexibility index (Phi) is 3.52. The summed E-state index contributed by atoms with van der Waals surface area (Å²) in [5.41, 5.74) is 1.08. The zero-order chi connectivity index (χ0) is 10.7. The van der Waals surface area contributed by atoms with E-state index in [1.54, 1.807) is 6.07 Å². The second kappa shape index (κ2) is 4.46. The Hall–Kier alpha value is -1.03. The van der Waals surface area contributed by atoms with E-state index < -0.39 is 5.97 Å². The van der Waals surface area contributed by atoms with Gasteiger partial charge in [-0.05, 0) is 24.1 Å². The van der Waals surface area contributed by atoms with E-state index in [0.717, 1.165) is 16.5 Å². The first-order valence-corrected chi connectivity index (χ1v) is 4.99. The van der Waals surface area contributed by atoms with Gasteiger partial charge in [0.2, 0.25) is 0 Å². The lowest BCUT2D eigenvalue weighted by atomic mass is 10.1. The molecule has 0 aliphatic carbocycles. The summed E-state index contributed by atoms with van der Waals surface area (Å²) in [7, 11) is 1.48. The number of aromatic carboxylic acids is 1. The van der Waals surface area contributed by atoms with E-state index in [9.17, 15) is 4.79 Å². The van der Waals surface area contributed by atoms with Crippen molar-refractivity contribution >= 4 is 21.9 Å². The quantitative estimate of drug-likeness (QED) is 0.907. The van der Waals surface area contributed by atoms with Gasteiger partial charge in [-0.3, -0.25) is 0 Å². The molecule has 0 radical (unpaired) electrons. The first-order valence-electron chi connectivity index (χ1n) is 4.19. The van der Waals surface area contributed by atoms with Crippen LogP contribution in [0.3, 0.4) is 0 Å². The highest BCUT2D eigenvalue weighted by Gasteiger charge is 2.15. The summed E-state index contributed by atoms with van der Waals surface area (Å²) in [4.78, 5) is 10.9. The molecule has 0 aliphatic rings. The SMILES string of the molecule is CCc1cc(Br)cc(C(=O)O)c1OC. The van der Waals surface area contributed by atoms with Gasteiger partial charge >= 0.3 is 5.97 Å². The predicted molar refractivity (Wildman–Crippen MR) is 57.0 cm³/mol. The van der Waals surface area contributed by atoms with Gasteiger partial charge in [0, 0.05) is 4.47 Å². The van der Waals surface area contributed by atoms with Gasteiger partial charge < -0.3 is 9.84 Å². The van der Waals surface area contributed by atoms with Crippen molar-refractivity contribution in [3.63, 3.8) is 0 Å². The molecular formula is C10H11BrO3. The van der Waals surface area contributed by atoms with Crippen molar-refractivity contribution in [1.82, 2.24) is 0 Å². The predicted octanol–water partition coefficient (Wildman–Crippen LogP) is 2.72. The third-order valence-electron chi connectivity index (χ3n) is 1.95. The number of hydrogen-bond acceptors (Lipinski definition) is 2. The smallest absolute Gasteiger partial charge is 0.339 e. The summed E-state index contributed by atoms with van der Waals surface area (Å²) in [6, 6.07) is 3.41. The van der Waals surface area contributed by atoms with Gasteiger partial charge in [0.1, 0.15) is 11.3 Å². The molecule has 4 heteroatoms. The van der Waals surface area contributed by atoms with Crippen LogP contribution in [0.15, 0.2) is 16.6 Å². The van der Waals surface area contributed by atoms with Crippen LogP contribution in [0.25, 0.3) is 0 Å². The van der Waals surface area contributed by atoms with Crippen molar-refractivity contribution in [2.24, 2.45) is 0 Å². The van der Waals surface area contributed by atoms with Gasteiger partial charge in [-0.1, -0.05) is 22.9 Å². The molecule has 1 aromatic carbocycles. The molecule has 0 saturated carbocycles.